The van der Waals surface area contributed by atoms with Gasteiger partial charge >= 0.3 is 118 Å². The van der Waals surface area contributed by atoms with Crippen LogP contribution in [0.25, 0.3) is 0 Å². The molecule has 0 aliphatic heterocycles. The van der Waals surface area contributed by atoms with Gasteiger partial charge in [0, 0.05) is 0 Å². The summed E-state index contributed by atoms with van der Waals surface area (Å²) in [6.07, 6.45) is 0.790. The van der Waals surface area contributed by atoms with E-state index in [1.807, 2.05) is 0 Å². The van der Waals surface area contributed by atoms with E-state index in [9.17, 15) is 51.9 Å². The van der Waals surface area contributed by atoms with Crippen LogP contribution in [0.3, 0.4) is 0 Å². The van der Waals surface area contributed by atoms with Gasteiger partial charge in [0.1, 0.15) is 40.5 Å². The van der Waals surface area contributed by atoms with E-state index in [0.717, 1.165) is 24.3 Å². The molecule has 0 unspecified atom stereocenters. The van der Waals surface area contributed by atoms with Crippen molar-refractivity contribution in [3.8, 4) is 0 Å². The van der Waals surface area contributed by atoms with Gasteiger partial charge in [-0.05, 0) is 104 Å². The van der Waals surface area contributed by atoms with Crippen molar-refractivity contribution in [2.75, 3.05) is 12.3 Å². The fourth-order valence-electron chi connectivity index (χ4n) is 4.43. The SMILES string of the molecule is O=S(=O)([O-])c1cccc(P(CCCP(c2cccc(S(=O)(=O)[O-])c2)c2cccc(S(=O)(=O)[O-])c2)c2cccc(S(=O)(=O)[O-])c2)c1.[Na+].[Na+].[Na+].[Na+]. The van der Waals surface area contributed by atoms with Gasteiger partial charge in [-0.3, -0.25) is 0 Å². The molecule has 0 N–H and O–H groups in total. The number of hydrogen-bond donors (Lipinski definition) is 0. The second-order valence-electron chi connectivity index (χ2n) is 9.46. The molecule has 22 heteroatoms. The second kappa shape index (κ2) is 20.9. The topological polar surface area (TPSA) is 229 Å². The maximum absolute atomic E-state index is 11.7. The Bertz CT molecular complexity index is 1880. The van der Waals surface area contributed by atoms with Crippen molar-refractivity contribution in [2.45, 2.75) is 26.0 Å². The van der Waals surface area contributed by atoms with E-state index >= 15 is 0 Å². The normalized spacial score (nSPS) is 11.9. The second-order valence-corrected chi connectivity index (χ2v) is 19.7. The van der Waals surface area contributed by atoms with Crippen LogP contribution in [0.4, 0.5) is 0 Å². The van der Waals surface area contributed by atoms with Crippen LogP contribution in [0.1, 0.15) is 6.42 Å². The van der Waals surface area contributed by atoms with Crippen LogP contribution in [0.15, 0.2) is 117 Å². The van der Waals surface area contributed by atoms with Crippen molar-refractivity contribution in [2.24, 2.45) is 0 Å². The molecule has 0 saturated carbocycles. The van der Waals surface area contributed by atoms with Crippen molar-refractivity contribution in [3.05, 3.63) is 97.1 Å². The van der Waals surface area contributed by atoms with E-state index in [1.165, 1.54) is 48.5 Å². The van der Waals surface area contributed by atoms with Gasteiger partial charge in [0.15, 0.2) is 0 Å². The summed E-state index contributed by atoms with van der Waals surface area (Å²) >= 11 is 0. The maximum atomic E-state index is 11.7. The summed E-state index contributed by atoms with van der Waals surface area (Å²) in [6, 6.07) is 20.9. The quantitative estimate of drug-likeness (QED) is 0.0738. The maximum Gasteiger partial charge on any atom is 1.00 e. The molecule has 4 aromatic carbocycles. The zero-order chi connectivity index (χ0) is 33.2. The Morgan fingerprint density at radius 2 is 0.592 bits per heavy atom. The van der Waals surface area contributed by atoms with Crippen LogP contribution in [0, 0.1) is 0 Å². The van der Waals surface area contributed by atoms with Gasteiger partial charge in [-0.15, -0.1) is 0 Å². The van der Waals surface area contributed by atoms with Gasteiger partial charge < -0.3 is 18.2 Å². The van der Waals surface area contributed by atoms with Gasteiger partial charge in [-0.1, -0.05) is 48.5 Å². The first kappa shape index (κ1) is 50.4. The summed E-state index contributed by atoms with van der Waals surface area (Å²) in [4.78, 5) is -2.02. The van der Waals surface area contributed by atoms with Crippen molar-refractivity contribution in [1.29, 1.82) is 0 Å². The van der Waals surface area contributed by atoms with Crippen LogP contribution in [0.2, 0.25) is 0 Å². The molecule has 12 nitrogen and oxygen atoms in total. The monoisotopic (exact) mass is 820 g/mol. The summed E-state index contributed by atoms with van der Waals surface area (Å²) in [5.74, 6) is 0. The Labute approximate surface area is 377 Å². The standard InChI is InChI=1S/C27H26O12P2S4.4Na/c28-42(29,30)24-10-1-6-20(16-24)40(21-7-2-11-25(17-21)43(31,32)33)14-5-15-41(22-8-3-12-26(18-22)44(34,35)36)23-9-4-13-27(19-23)45(37,38)39;;;;/h1-4,6-13,16-19H,5,14-15H2,(H,28,29,30)(H,31,32,33)(H,34,35,36)(H,37,38,39);;;;/q;4*+1/p-4. The molecule has 0 atom stereocenters. The fourth-order valence-corrected chi connectivity index (χ4v) is 11.9. The minimum absolute atomic E-state index is 0. The molecule has 0 bridgehead atoms. The fraction of sp³-hybridized carbons (Fsp3) is 0.111. The predicted octanol–water partition coefficient (Wildman–Crippen LogP) is -10.7. The molecule has 0 saturated heterocycles. The number of hydrogen-bond acceptors (Lipinski definition) is 12. The molecular weight excluding hydrogens is 798 g/mol. The number of benzene rings is 4. The van der Waals surface area contributed by atoms with Gasteiger partial charge in [0.05, 0.1) is 19.6 Å². The molecule has 0 aliphatic carbocycles. The van der Waals surface area contributed by atoms with Crippen molar-refractivity contribution in [1.82, 2.24) is 0 Å². The van der Waals surface area contributed by atoms with Crippen LogP contribution in [-0.4, -0.2) is 64.2 Å². The van der Waals surface area contributed by atoms with Gasteiger partial charge in [0.25, 0.3) is 0 Å². The Hall–Kier alpha value is 1.38. The molecule has 240 valence electrons. The smallest absolute Gasteiger partial charge is 0.744 e. The van der Waals surface area contributed by atoms with Crippen molar-refractivity contribution in [3.63, 3.8) is 0 Å². The minimum Gasteiger partial charge on any atom is -0.744 e. The van der Waals surface area contributed by atoms with Gasteiger partial charge in [-0.2, -0.15) is 0 Å². The van der Waals surface area contributed by atoms with E-state index in [-0.39, 0.29) is 131 Å². The zero-order valence-corrected chi connectivity index (χ0v) is 39.8. The molecule has 0 aromatic heterocycles. The van der Waals surface area contributed by atoms with Crippen LogP contribution in [-0.2, 0) is 40.5 Å². The van der Waals surface area contributed by atoms with E-state index in [1.54, 1.807) is 24.3 Å². The molecular formula is C27H22Na4O12P2S4. The minimum atomic E-state index is -4.84. The predicted molar refractivity (Wildman–Crippen MR) is 164 cm³/mol. The molecule has 0 spiro atoms. The van der Waals surface area contributed by atoms with E-state index in [4.69, 9.17) is 0 Å². The molecule has 0 amide bonds. The third-order valence-corrected chi connectivity index (χ3v) is 14.9. The molecule has 0 heterocycles. The zero-order valence-electron chi connectivity index (χ0n) is 26.8. The first-order valence-corrected chi connectivity index (χ1v) is 21.3. The average Bonchev–Trinajstić information content (AvgIpc) is 2.96. The molecule has 0 fully saturated rings. The third kappa shape index (κ3) is 14.5. The van der Waals surface area contributed by atoms with Crippen LogP contribution >= 0.6 is 15.8 Å². The third-order valence-electron chi connectivity index (χ3n) is 6.44. The summed E-state index contributed by atoms with van der Waals surface area (Å²) in [7, 11) is -22.5. The molecule has 4 rings (SSSR count). The first-order chi connectivity index (χ1) is 20.8. The molecule has 0 radical (unpaired) electrons. The summed E-state index contributed by atoms with van der Waals surface area (Å²) in [5, 5.41) is 1.58. The van der Waals surface area contributed by atoms with Gasteiger partial charge in [-0.25, -0.2) is 33.7 Å². The largest absolute Gasteiger partial charge is 1.00 e. The van der Waals surface area contributed by atoms with Crippen LogP contribution < -0.4 is 139 Å². The Morgan fingerprint density at radius 3 is 0.776 bits per heavy atom. The molecule has 49 heavy (non-hydrogen) atoms. The Morgan fingerprint density at radius 1 is 0.388 bits per heavy atom. The summed E-state index contributed by atoms with van der Waals surface area (Å²) < 4.78 is 141. The van der Waals surface area contributed by atoms with Crippen molar-refractivity contribution >= 4 is 77.5 Å². The van der Waals surface area contributed by atoms with Gasteiger partial charge in [0.2, 0.25) is 0 Å². The Kier molecular flexibility index (Phi) is 21.5. The molecule has 0 aliphatic rings. The Balaban J connectivity index is 0.00000576. The average molecular weight is 821 g/mol. The summed E-state index contributed by atoms with van der Waals surface area (Å²) in [6.45, 7) is 0. The van der Waals surface area contributed by atoms with E-state index in [2.05, 4.69) is 0 Å². The van der Waals surface area contributed by atoms with Crippen molar-refractivity contribution < 1.29 is 170 Å². The van der Waals surface area contributed by atoms with E-state index < -0.39 is 75.9 Å². The van der Waals surface area contributed by atoms with Crippen LogP contribution in [0.5, 0.6) is 0 Å². The first-order valence-electron chi connectivity index (χ1n) is 12.6. The van der Waals surface area contributed by atoms with E-state index in [0.29, 0.717) is 27.6 Å². The summed E-state index contributed by atoms with van der Waals surface area (Å²) in [5.41, 5.74) is 0. The number of rotatable bonds is 12. The molecule has 4 aromatic rings.